The Bertz CT molecular complexity index is 274. The van der Waals surface area contributed by atoms with E-state index in [0.717, 1.165) is 31.6 Å². The van der Waals surface area contributed by atoms with Gasteiger partial charge in [-0.05, 0) is 45.2 Å². The number of hydrogen-bond acceptors (Lipinski definition) is 5. The third-order valence-electron chi connectivity index (χ3n) is 3.20. The lowest BCUT2D eigenvalue weighted by Gasteiger charge is -2.28. The lowest BCUT2D eigenvalue weighted by molar-refractivity contribution is -0.118. The van der Waals surface area contributed by atoms with Gasteiger partial charge in [0.15, 0.2) is 0 Å². The molecule has 0 radical (unpaired) electrons. The molecule has 0 bridgehead atoms. The Morgan fingerprint density at radius 3 is 2.60 bits per heavy atom. The predicted octanol–water partition coefficient (Wildman–Crippen LogP) is 2.12. The summed E-state index contributed by atoms with van der Waals surface area (Å²) in [5.74, 6) is 1.24. The molecule has 0 aliphatic heterocycles. The van der Waals surface area contributed by atoms with Crippen molar-refractivity contribution >= 4 is 17.5 Å². The zero-order chi connectivity index (χ0) is 15.4. The zero-order valence-electron chi connectivity index (χ0n) is 13.4. The molecule has 0 rings (SSSR count). The Labute approximate surface area is 128 Å². The van der Waals surface area contributed by atoms with Crippen molar-refractivity contribution in [2.45, 2.75) is 58.4 Å². The van der Waals surface area contributed by atoms with Crippen molar-refractivity contribution in [1.82, 2.24) is 16.0 Å². The Balaban J connectivity index is 4.39. The van der Waals surface area contributed by atoms with Crippen molar-refractivity contribution < 1.29 is 4.79 Å². The summed E-state index contributed by atoms with van der Waals surface area (Å²) in [6.07, 6.45) is 7.28. The highest BCUT2D eigenvalue weighted by atomic mass is 32.2. The number of carbonyl (C=O) groups excluding carboxylic acids is 1. The third kappa shape index (κ3) is 9.53. The number of rotatable bonds is 13. The van der Waals surface area contributed by atoms with Crippen LogP contribution in [-0.4, -0.2) is 42.7 Å². The van der Waals surface area contributed by atoms with Crippen LogP contribution in [0.2, 0.25) is 0 Å². The standard InChI is InChI=1S/C15H31N3OS/c1-6-8-10-16-15(17-12(3)13(4)19)18-14(7-2)9-11-20-5/h7,12,14-18H,2,6,8-11H2,1,3-5H3/t12-,14+,15?/m0/s1. The quantitative estimate of drug-likeness (QED) is 0.276. The monoisotopic (exact) mass is 301 g/mol. The molecule has 0 aromatic rings. The smallest absolute Gasteiger partial charge is 0.146 e. The van der Waals surface area contributed by atoms with Crippen molar-refractivity contribution in [2.75, 3.05) is 18.6 Å². The first-order valence-electron chi connectivity index (χ1n) is 7.42. The van der Waals surface area contributed by atoms with Crippen LogP contribution >= 0.6 is 11.8 Å². The lowest BCUT2D eigenvalue weighted by Crippen LogP contribution is -2.59. The molecule has 3 N–H and O–H groups in total. The summed E-state index contributed by atoms with van der Waals surface area (Å²) in [5.41, 5.74) is 0. The summed E-state index contributed by atoms with van der Waals surface area (Å²) in [7, 11) is 0. The number of thioether (sulfide) groups is 1. The van der Waals surface area contributed by atoms with E-state index in [-0.39, 0.29) is 24.2 Å². The van der Waals surface area contributed by atoms with E-state index in [0.29, 0.717) is 0 Å². The van der Waals surface area contributed by atoms with Gasteiger partial charge in [-0.25, -0.2) is 0 Å². The van der Waals surface area contributed by atoms with Crippen LogP contribution in [0.5, 0.6) is 0 Å². The molecule has 4 nitrogen and oxygen atoms in total. The second kappa shape index (κ2) is 12.4. The molecule has 0 saturated heterocycles. The molecule has 20 heavy (non-hydrogen) atoms. The zero-order valence-corrected chi connectivity index (χ0v) is 14.2. The highest BCUT2D eigenvalue weighted by molar-refractivity contribution is 7.98. The number of carbonyl (C=O) groups is 1. The van der Waals surface area contributed by atoms with Crippen LogP contribution in [0.1, 0.15) is 40.0 Å². The molecule has 0 aliphatic rings. The molecule has 118 valence electrons. The van der Waals surface area contributed by atoms with E-state index in [2.05, 4.69) is 35.7 Å². The van der Waals surface area contributed by atoms with Crippen LogP contribution in [-0.2, 0) is 4.79 Å². The fraction of sp³-hybridized carbons (Fsp3) is 0.800. The van der Waals surface area contributed by atoms with Gasteiger partial charge >= 0.3 is 0 Å². The van der Waals surface area contributed by atoms with Crippen LogP contribution < -0.4 is 16.0 Å². The maximum atomic E-state index is 11.4. The van der Waals surface area contributed by atoms with Crippen molar-refractivity contribution in [2.24, 2.45) is 0 Å². The predicted molar refractivity (Wildman–Crippen MR) is 90.1 cm³/mol. The number of nitrogens with one attached hydrogen (secondary N) is 3. The summed E-state index contributed by atoms with van der Waals surface area (Å²) in [5, 5.41) is 10.2. The first-order valence-corrected chi connectivity index (χ1v) is 8.81. The minimum atomic E-state index is -0.160. The maximum Gasteiger partial charge on any atom is 0.146 e. The van der Waals surface area contributed by atoms with Crippen molar-refractivity contribution in [3.05, 3.63) is 12.7 Å². The van der Waals surface area contributed by atoms with Gasteiger partial charge in [-0.2, -0.15) is 11.8 Å². The molecule has 0 fully saturated rings. The Kier molecular flexibility index (Phi) is 12.2. The third-order valence-corrected chi connectivity index (χ3v) is 3.85. The van der Waals surface area contributed by atoms with Gasteiger partial charge < -0.3 is 0 Å². The van der Waals surface area contributed by atoms with Gasteiger partial charge in [-0.15, -0.1) is 6.58 Å². The number of ketones is 1. The molecule has 5 heteroatoms. The second-order valence-electron chi connectivity index (χ2n) is 5.03. The summed E-state index contributed by atoms with van der Waals surface area (Å²) in [6.45, 7) is 10.5. The summed E-state index contributed by atoms with van der Waals surface area (Å²) >= 11 is 1.83. The fourth-order valence-electron chi connectivity index (χ4n) is 1.68. The largest absolute Gasteiger partial charge is 0.298 e. The van der Waals surface area contributed by atoms with Gasteiger partial charge in [-0.1, -0.05) is 19.4 Å². The SMILES string of the molecule is C=C[C@H](CCSC)NC(NCCCC)N[C@@H](C)C(C)=O. The van der Waals surface area contributed by atoms with Crippen molar-refractivity contribution in [1.29, 1.82) is 0 Å². The highest BCUT2D eigenvalue weighted by Crippen LogP contribution is 2.02. The van der Waals surface area contributed by atoms with E-state index >= 15 is 0 Å². The van der Waals surface area contributed by atoms with E-state index in [1.54, 1.807) is 6.92 Å². The number of hydrogen-bond donors (Lipinski definition) is 3. The van der Waals surface area contributed by atoms with Gasteiger partial charge in [0.1, 0.15) is 12.1 Å². The lowest BCUT2D eigenvalue weighted by atomic mass is 10.2. The molecule has 1 unspecified atom stereocenters. The molecular formula is C15H31N3OS. The van der Waals surface area contributed by atoms with E-state index in [9.17, 15) is 4.79 Å². The van der Waals surface area contributed by atoms with Crippen LogP contribution in [0.25, 0.3) is 0 Å². The van der Waals surface area contributed by atoms with Crippen molar-refractivity contribution in [3.8, 4) is 0 Å². The minimum absolute atomic E-state index is 0.0645. The minimum Gasteiger partial charge on any atom is -0.298 e. The van der Waals surface area contributed by atoms with Gasteiger partial charge in [0.2, 0.25) is 0 Å². The Morgan fingerprint density at radius 2 is 2.10 bits per heavy atom. The van der Waals surface area contributed by atoms with E-state index in [4.69, 9.17) is 0 Å². The molecule has 0 saturated carbocycles. The summed E-state index contributed by atoms with van der Waals surface area (Å²) in [6, 6.07) is 0.0841. The topological polar surface area (TPSA) is 53.2 Å². The van der Waals surface area contributed by atoms with Gasteiger partial charge in [0.25, 0.3) is 0 Å². The van der Waals surface area contributed by atoms with Crippen LogP contribution in [0.4, 0.5) is 0 Å². The average Bonchev–Trinajstić information content (AvgIpc) is 2.42. The molecule has 0 aromatic carbocycles. The molecule has 3 atom stereocenters. The van der Waals surface area contributed by atoms with E-state index < -0.39 is 0 Å². The fourth-order valence-corrected chi connectivity index (χ4v) is 2.17. The van der Waals surface area contributed by atoms with Gasteiger partial charge in [0.05, 0.1) is 6.04 Å². The van der Waals surface area contributed by atoms with Crippen LogP contribution in [0.3, 0.4) is 0 Å². The van der Waals surface area contributed by atoms with Gasteiger partial charge in [0, 0.05) is 6.04 Å². The first-order chi connectivity index (χ1) is 9.54. The van der Waals surface area contributed by atoms with E-state index in [1.807, 2.05) is 24.8 Å². The first kappa shape index (κ1) is 19.6. The number of unbranched alkanes of at least 4 members (excludes halogenated alkanes) is 1. The molecule has 0 aromatic heterocycles. The molecular weight excluding hydrogens is 270 g/mol. The molecule has 0 aliphatic carbocycles. The molecule has 0 spiro atoms. The van der Waals surface area contributed by atoms with Gasteiger partial charge in [-0.3, -0.25) is 20.7 Å². The number of Topliss-reactive ketones (excluding diaryl/α,β-unsaturated/α-hetero) is 1. The van der Waals surface area contributed by atoms with Crippen LogP contribution in [0.15, 0.2) is 12.7 Å². The Morgan fingerprint density at radius 1 is 1.40 bits per heavy atom. The summed E-state index contributed by atoms with van der Waals surface area (Å²) in [4.78, 5) is 11.4. The molecule has 0 amide bonds. The normalized spacial score (nSPS) is 15.6. The van der Waals surface area contributed by atoms with Crippen molar-refractivity contribution in [3.63, 3.8) is 0 Å². The highest BCUT2D eigenvalue weighted by Gasteiger charge is 2.16. The maximum absolute atomic E-state index is 11.4. The second-order valence-corrected chi connectivity index (χ2v) is 6.02. The average molecular weight is 302 g/mol. The Hall–Kier alpha value is -0.360. The molecule has 0 heterocycles. The van der Waals surface area contributed by atoms with Crippen LogP contribution in [0, 0.1) is 0 Å². The summed E-state index contributed by atoms with van der Waals surface area (Å²) < 4.78 is 0. The van der Waals surface area contributed by atoms with E-state index in [1.165, 1.54) is 0 Å².